The van der Waals surface area contributed by atoms with Crippen molar-refractivity contribution in [1.82, 2.24) is 0 Å². The van der Waals surface area contributed by atoms with Crippen LogP contribution in [0.5, 0.6) is 17.2 Å². The number of hydrogen-bond acceptors (Lipinski definition) is 5. The van der Waals surface area contributed by atoms with Crippen molar-refractivity contribution in [3.63, 3.8) is 0 Å². The third-order valence-corrected chi connectivity index (χ3v) is 4.85. The second kappa shape index (κ2) is 8.30. The molecule has 0 saturated carbocycles. The van der Waals surface area contributed by atoms with Crippen LogP contribution in [0.2, 0.25) is 0 Å². The lowest BCUT2D eigenvalue weighted by molar-refractivity contribution is 0.102. The molecule has 2 aromatic carbocycles. The number of halogens is 1. The number of ether oxygens (including phenoxy) is 3. The number of benzene rings is 2. The van der Waals surface area contributed by atoms with Gasteiger partial charge in [0.25, 0.3) is 5.91 Å². The number of amides is 1. The lowest BCUT2D eigenvalue weighted by Crippen LogP contribution is -2.13. The number of hydrogen-bond donors (Lipinski definition) is 1. The minimum absolute atomic E-state index is 0.278. The molecule has 2 rings (SSSR count). The summed E-state index contributed by atoms with van der Waals surface area (Å²) in [4.78, 5) is 13.7. The van der Waals surface area contributed by atoms with E-state index in [0.29, 0.717) is 33.0 Å². The summed E-state index contributed by atoms with van der Waals surface area (Å²) in [5.74, 6) is 0.965. The Labute approximate surface area is 153 Å². The highest BCUT2D eigenvalue weighted by molar-refractivity contribution is 9.10. The van der Waals surface area contributed by atoms with Crippen molar-refractivity contribution in [3.8, 4) is 17.2 Å². The van der Waals surface area contributed by atoms with Crippen LogP contribution in [0.4, 0.5) is 5.69 Å². The zero-order valence-corrected chi connectivity index (χ0v) is 16.2. The Morgan fingerprint density at radius 1 is 1.08 bits per heavy atom. The normalized spacial score (nSPS) is 10.2. The van der Waals surface area contributed by atoms with Gasteiger partial charge in [-0.25, -0.2) is 0 Å². The van der Waals surface area contributed by atoms with Gasteiger partial charge in [-0.15, -0.1) is 11.8 Å². The number of anilines is 1. The molecule has 0 aliphatic rings. The average Bonchev–Trinajstić information content (AvgIpc) is 2.61. The first kappa shape index (κ1) is 18.5. The molecule has 0 aliphatic carbocycles. The summed E-state index contributed by atoms with van der Waals surface area (Å²) >= 11 is 5.02. The summed E-state index contributed by atoms with van der Waals surface area (Å²) in [6.45, 7) is 0. The van der Waals surface area contributed by atoms with Crippen molar-refractivity contribution < 1.29 is 19.0 Å². The van der Waals surface area contributed by atoms with Gasteiger partial charge >= 0.3 is 0 Å². The lowest BCUT2D eigenvalue weighted by Gasteiger charge is -2.16. The molecule has 128 valence electrons. The van der Waals surface area contributed by atoms with Crippen LogP contribution in [0, 0.1) is 0 Å². The van der Waals surface area contributed by atoms with Crippen molar-refractivity contribution in [2.75, 3.05) is 32.9 Å². The fraction of sp³-hybridized carbons (Fsp3) is 0.235. The van der Waals surface area contributed by atoms with Crippen LogP contribution in [0.3, 0.4) is 0 Å². The maximum Gasteiger partial charge on any atom is 0.257 e. The second-order valence-corrected chi connectivity index (χ2v) is 6.37. The van der Waals surface area contributed by atoms with E-state index in [2.05, 4.69) is 21.2 Å². The van der Waals surface area contributed by atoms with E-state index in [1.807, 2.05) is 30.5 Å². The maximum absolute atomic E-state index is 12.7. The van der Waals surface area contributed by atoms with E-state index in [-0.39, 0.29) is 5.91 Å². The predicted octanol–water partition coefficient (Wildman–Crippen LogP) is 4.45. The third kappa shape index (κ3) is 3.79. The maximum atomic E-state index is 12.7. The number of rotatable bonds is 6. The van der Waals surface area contributed by atoms with Crippen LogP contribution < -0.4 is 19.5 Å². The SMILES string of the molecule is COc1cc(C(=O)Nc2cccc(SC)c2)c(Br)c(OC)c1OC. The quantitative estimate of drug-likeness (QED) is 0.711. The molecule has 0 atom stereocenters. The average molecular weight is 412 g/mol. The molecule has 0 unspecified atom stereocenters. The zero-order chi connectivity index (χ0) is 17.7. The fourth-order valence-electron chi connectivity index (χ4n) is 2.19. The Bertz CT molecular complexity index is 752. The smallest absolute Gasteiger partial charge is 0.257 e. The molecular formula is C17H18BrNO4S. The summed E-state index contributed by atoms with van der Waals surface area (Å²) in [7, 11) is 4.53. The van der Waals surface area contributed by atoms with E-state index in [9.17, 15) is 4.79 Å². The van der Waals surface area contributed by atoms with Crippen molar-refractivity contribution in [3.05, 3.63) is 40.4 Å². The van der Waals surface area contributed by atoms with Gasteiger partial charge in [-0.2, -0.15) is 0 Å². The van der Waals surface area contributed by atoms with Gasteiger partial charge in [-0.05, 0) is 46.5 Å². The van der Waals surface area contributed by atoms with E-state index in [1.54, 1.807) is 17.8 Å². The molecular weight excluding hydrogens is 394 g/mol. The van der Waals surface area contributed by atoms with Gasteiger partial charge in [-0.1, -0.05) is 6.07 Å². The summed E-state index contributed by atoms with van der Waals surface area (Å²) in [6.07, 6.45) is 1.98. The summed E-state index contributed by atoms with van der Waals surface area (Å²) in [5.41, 5.74) is 1.10. The molecule has 1 N–H and O–H groups in total. The molecule has 2 aromatic rings. The van der Waals surface area contributed by atoms with E-state index in [1.165, 1.54) is 21.3 Å². The standard InChI is InChI=1S/C17H18BrNO4S/c1-21-13-9-12(14(18)16(23-3)15(13)22-2)17(20)19-10-6-5-7-11(8-10)24-4/h5-9H,1-4H3,(H,19,20). The molecule has 0 heterocycles. The Balaban J connectivity index is 2.41. The van der Waals surface area contributed by atoms with Gasteiger partial charge < -0.3 is 19.5 Å². The van der Waals surface area contributed by atoms with Crippen LogP contribution >= 0.6 is 27.7 Å². The molecule has 0 bridgehead atoms. The Kier molecular flexibility index (Phi) is 6.39. The van der Waals surface area contributed by atoms with E-state index >= 15 is 0 Å². The van der Waals surface area contributed by atoms with Crippen molar-refractivity contribution in [2.45, 2.75) is 4.90 Å². The molecule has 0 aliphatic heterocycles. The van der Waals surface area contributed by atoms with E-state index in [4.69, 9.17) is 14.2 Å². The number of carbonyl (C=O) groups is 1. The number of methoxy groups -OCH3 is 3. The van der Waals surface area contributed by atoms with E-state index in [0.717, 1.165) is 4.90 Å². The molecule has 5 nitrogen and oxygen atoms in total. The topological polar surface area (TPSA) is 56.8 Å². The molecule has 0 spiro atoms. The molecule has 0 aromatic heterocycles. The van der Waals surface area contributed by atoms with Crippen LogP contribution in [-0.2, 0) is 0 Å². The minimum atomic E-state index is -0.278. The highest BCUT2D eigenvalue weighted by Gasteiger charge is 2.22. The molecule has 7 heteroatoms. The predicted molar refractivity (Wildman–Crippen MR) is 100.0 cm³/mol. The summed E-state index contributed by atoms with van der Waals surface area (Å²) in [6, 6.07) is 9.23. The van der Waals surface area contributed by atoms with Gasteiger partial charge in [0.05, 0.1) is 31.4 Å². The highest BCUT2D eigenvalue weighted by atomic mass is 79.9. The largest absolute Gasteiger partial charge is 0.493 e. The zero-order valence-electron chi connectivity index (χ0n) is 13.8. The van der Waals surface area contributed by atoms with Crippen molar-refractivity contribution >= 4 is 39.3 Å². The second-order valence-electron chi connectivity index (χ2n) is 4.69. The van der Waals surface area contributed by atoms with Gasteiger partial charge in [0.2, 0.25) is 5.75 Å². The molecule has 1 amide bonds. The van der Waals surface area contributed by atoms with Crippen LogP contribution in [0.1, 0.15) is 10.4 Å². The highest BCUT2D eigenvalue weighted by Crippen LogP contribution is 2.44. The van der Waals surface area contributed by atoms with Crippen LogP contribution in [0.25, 0.3) is 0 Å². The molecule has 24 heavy (non-hydrogen) atoms. The van der Waals surface area contributed by atoms with Gasteiger partial charge in [-0.3, -0.25) is 4.79 Å². The first-order valence-corrected chi connectivity index (χ1v) is 9.01. The summed E-state index contributed by atoms with van der Waals surface area (Å²) < 4.78 is 16.5. The molecule has 0 fully saturated rings. The summed E-state index contributed by atoms with van der Waals surface area (Å²) in [5, 5.41) is 2.88. The number of carbonyl (C=O) groups excluding carboxylic acids is 1. The number of thioether (sulfide) groups is 1. The third-order valence-electron chi connectivity index (χ3n) is 3.34. The monoisotopic (exact) mass is 411 g/mol. The Morgan fingerprint density at radius 3 is 2.38 bits per heavy atom. The van der Waals surface area contributed by atoms with Gasteiger partial charge in [0.15, 0.2) is 11.5 Å². The lowest BCUT2D eigenvalue weighted by atomic mass is 10.1. The Hall–Kier alpha value is -1.86. The van der Waals surface area contributed by atoms with Gasteiger partial charge in [0.1, 0.15) is 0 Å². The minimum Gasteiger partial charge on any atom is -0.493 e. The fourth-order valence-corrected chi connectivity index (χ4v) is 3.28. The molecule has 0 radical (unpaired) electrons. The molecule has 0 saturated heterocycles. The van der Waals surface area contributed by atoms with E-state index < -0.39 is 0 Å². The van der Waals surface area contributed by atoms with Crippen LogP contribution in [0.15, 0.2) is 39.7 Å². The Morgan fingerprint density at radius 2 is 1.79 bits per heavy atom. The first-order valence-electron chi connectivity index (χ1n) is 6.99. The van der Waals surface area contributed by atoms with Crippen LogP contribution in [-0.4, -0.2) is 33.5 Å². The number of nitrogens with one attached hydrogen (secondary N) is 1. The first-order chi connectivity index (χ1) is 11.5. The van der Waals surface area contributed by atoms with Crippen molar-refractivity contribution in [2.24, 2.45) is 0 Å². The van der Waals surface area contributed by atoms with Gasteiger partial charge in [0, 0.05) is 10.6 Å². The van der Waals surface area contributed by atoms with Crippen molar-refractivity contribution in [1.29, 1.82) is 0 Å².